The van der Waals surface area contributed by atoms with Gasteiger partial charge in [0.05, 0.1) is 12.2 Å². The zero-order valence-corrected chi connectivity index (χ0v) is 7.12. The van der Waals surface area contributed by atoms with E-state index in [1.165, 1.54) is 6.20 Å². The largest absolute Gasteiger partial charge is 0.478 e. The number of aromatic amines is 1. The molecular formula is C9H11NO3. The standard InChI is InChI=1S/C9H11NO3/c11-9(12)8-4-10-3-7(8)6-1-2-13-5-6/h3-4,6,10H,1-2,5H2,(H,11,12). The lowest BCUT2D eigenvalue weighted by atomic mass is 9.98. The third-order valence-electron chi connectivity index (χ3n) is 2.38. The number of H-pyrrole nitrogens is 1. The molecule has 0 aliphatic carbocycles. The van der Waals surface area contributed by atoms with Crippen molar-refractivity contribution >= 4 is 5.97 Å². The van der Waals surface area contributed by atoms with E-state index >= 15 is 0 Å². The number of hydrogen-bond donors (Lipinski definition) is 2. The third kappa shape index (κ3) is 1.45. The summed E-state index contributed by atoms with van der Waals surface area (Å²) in [5.41, 5.74) is 1.24. The smallest absolute Gasteiger partial charge is 0.337 e. The van der Waals surface area contributed by atoms with Gasteiger partial charge in [0, 0.05) is 24.9 Å². The van der Waals surface area contributed by atoms with Gasteiger partial charge in [-0.2, -0.15) is 0 Å². The maximum atomic E-state index is 10.8. The quantitative estimate of drug-likeness (QED) is 0.721. The fourth-order valence-electron chi connectivity index (χ4n) is 1.68. The number of carboxylic acid groups (broad SMARTS) is 1. The number of nitrogens with one attached hydrogen (secondary N) is 1. The van der Waals surface area contributed by atoms with Gasteiger partial charge in [0.2, 0.25) is 0 Å². The summed E-state index contributed by atoms with van der Waals surface area (Å²) >= 11 is 0. The monoisotopic (exact) mass is 181 g/mol. The minimum atomic E-state index is -0.872. The van der Waals surface area contributed by atoms with E-state index in [1.54, 1.807) is 6.20 Å². The lowest BCUT2D eigenvalue weighted by Crippen LogP contribution is -2.04. The second kappa shape index (κ2) is 3.22. The van der Waals surface area contributed by atoms with E-state index in [4.69, 9.17) is 9.84 Å². The van der Waals surface area contributed by atoms with E-state index in [2.05, 4.69) is 4.98 Å². The first-order chi connectivity index (χ1) is 6.29. The molecule has 70 valence electrons. The number of aromatic carboxylic acids is 1. The van der Waals surface area contributed by atoms with Crippen LogP contribution in [0.25, 0.3) is 0 Å². The van der Waals surface area contributed by atoms with Crippen LogP contribution in [0.1, 0.15) is 28.3 Å². The van der Waals surface area contributed by atoms with Crippen LogP contribution < -0.4 is 0 Å². The van der Waals surface area contributed by atoms with Gasteiger partial charge in [0.25, 0.3) is 0 Å². The molecule has 1 saturated heterocycles. The van der Waals surface area contributed by atoms with E-state index in [9.17, 15) is 4.79 Å². The van der Waals surface area contributed by atoms with Crippen molar-refractivity contribution in [1.29, 1.82) is 0 Å². The molecular weight excluding hydrogens is 170 g/mol. The predicted octanol–water partition coefficient (Wildman–Crippen LogP) is 1.22. The molecule has 0 amide bonds. The third-order valence-corrected chi connectivity index (χ3v) is 2.38. The van der Waals surface area contributed by atoms with Crippen molar-refractivity contribution in [2.24, 2.45) is 0 Å². The second-order valence-electron chi connectivity index (χ2n) is 3.19. The Morgan fingerprint density at radius 2 is 2.46 bits per heavy atom. The van der Waals surface area contributed by atoms with Crippen molar-refractivity contribution in [3.8, 4) is 0 Å². The lowest BCUT2D eigenvalue weighted by Gasteiger charge is -2.05. The first-order valence-corrected chi connectivity index (χ1v) is 4.26. The molecule has 2 heterocycles. The Balaban J connectivity index is 2.28. The molecule has 1 aliphatic heterocycles. The highest BCUT2D eigenvalue weighted by Crippen LogP contribution is 2.27. The van der Waals surface area contributed by atoms with Crippen molar-refractivity contribution < 1.29 is 14.6 Å². The average Bonchev–Trinajstić information content (AvgIpc) is 2.74. The first-order valence-electron chi connectivity index (χ1n) is 4.26. The Labute approximate surface area is 75.5 Å². The van der Waals surface area contributed by atoms with Gasteiger partial charge in [-0.3, -0.25) is 0 Å². The number of carbonyl (C=O) groups is 1. The summed E-state index contributed by atoms with van der Waals surface area (Å²) in [7, 11) is 0. The molecule has 0 saturated carbocycles. The fraction of sp³-hybridized carbons (Fsp3) is 0.444. The molecule has 1 aliphatic rings. The van der Waals surface area contributed by atoms with Crippen molar-refractivity contribution in [3.05, 3.63) is 23.5 Å². The summed E-state index contributed by atoms with van der Waals surface area (Å²) < 4.78 is 5.21. The molecule has 2 N–H and O–H groups in total. The Morgan fingerprint density at radius 1 is 1.62 bits per heavy atom. The van der Waals surface area contributed by atoms with E-state index in [0.29, 0.717) is 12.2 Å². The van der Waals surface area contributed by atoms with Crippen LogP contribution in [0.3, 0.4) is 0 Å². The van der Waals surface area contributed by atoms with Gasteiger partial charge in [-0.05, 0) is 12.0 Å². The van der Waals surface area contributed by atoms with Crippen molar-refractivity contribution in [2.75, 3.05) is 13.2 Å². The van der Waals surface area contributed by atoms with Gasteiger partial charge < -0.3 is 14.8 Å². The van der Waals surface area contributed by atoms with Crippen LogP contribution in [0.2, 0.25) is 0 Å². The Bertz CT molecular complexity index is 312. The minimum absolute atomic E-state index is 0.248. The van der Waals surface area contributed by atoms with E-state index in [0.717, 1.165) is 18.6 Å². The average molecular weight is 181 g/mol. The van der Waals surface area contributed by atoms with Crippen molar-refractivity contribution in [2.45, 2.75) is 12.3 Å². The zero-order valence-electron chi connectivity index (χ0n) is 7.12. The molecule has 1 fully saturated rings. The minimum Gasteiger partial charge on any atom is -0.478 e. The number of aromatic nitrogens is 1. The van der Waals surface area contributed by atoms with E-state index in [-0.39, 0.29) is 5.92 Å². The molecule has 13 heavy (non-hydrogen) atoms. The first kappa shape index (κ1) is 8.31. The molecule has 2 rings (SSSR count). The van der Waals surface area contributed by atoms with Gasteiger partial charge >= 0.3 is 5.97 Å². The summed E-state index contributed by atoms with van der Waals surface area (Å²) in [5.74, 6) is -0.625. The van der Waals surface area contributed by atoms with Gasteiger partial charge in [0.1, 0.15) is 0 Å². The molecule has 1 aromatic heterocycles. The molecule has 4 heteroatoms. The second-order valence-corrected chi connectivity index (χ2v) is 3.19. The summed E-state index contributed by atoms with van der Waals surface area (Å²) in [5, 5.41) is 8.85. The van der Waals surface area contributed by atoms with Crippen LogP contribution in [0, 0.1) is 0 Å². The molecule has 4 nitrogen and oxygen atoms in total. The van der Waals surface area contributed by atoms with Crippen LogP contribution in [-0.4, -0.2) is 29.3 Å². The number of carboxylic acids is 1. The maximum absolute atomic E-state index is 10.8. The van der Waals surface area contributed by atoms with E-state index < -0.39 is 5.97 Å². The summed E-state index contributed by atoms with van der Waals surface area (Å²) in [6.45, 7) is 1.37. The molecule has 0 bridgehead atoms. The fourth-order valence-corrected chi connectivity index (χ4v) is 1.68. The zero-order chi connectivity index (χ0) is 9.26. The molecule has 1 unspecified atom stereocenters. The van der Waals surface area contributed by atoms with Gasteiger partial charge in [-0.1, -0.05) is 0 Å². The van der Waals surface area contributed by atoms with Crippen molar-refractivity contribution in [3.63, 3.8) is 0 Å². The van der Waals surface area contributed by atoms with Crippen LogP contribution in [-0.2, 0) is 4.74 Å². The summed E-state index contributed by atoms with van der Waals surface area (Å²) in [4.78, 5) is 13.6. The number of rotatable bonds is 2. The topological polar surface area (TPSA) is 62.3 Å². The lowest BCUT2D eigenvalue weighted by molar-refractivity contribution is 0.0695. The van der Waals surface area contributed by atoms with Crippen LogP contribution in [0.5, 0.6) is 0 Å². The SMILES string of the molecule is O=C(O)c1c[nH]cc1C1CCOC1. The van der Waals surface area contributed by atoms with Crippen LogP contribution in [0.4, 0.5) is 0 Å². The Kier molecular flexibility index (Phi) is 2.06. The summed E-state index contributed by atoms with van der Waals surface area (Å²) in [6.07, 6.45) is 4.19. The van der Waals surface area contributed by atoms with E-state index in [1.807, 2.05) is 0 Å². The molecule has 1 aromatic rings. The highest BCUT2D eigenvalue weighted by Gasteiger charge is 2.23. The highest BCUT2D eigenvalue weighted by molar-refractivity contribution is 5.89. The number of ether oxygens (including phenoxy) is 1. The molecule has 0 spiro atoms. The normalized spacial score (nSPS) is 22.0. The highest BCUT2D eigenvalue weighted by atomic mass is 16.5. The number of hydrogen-bond acceptors (Lipinski definition) is 2. The van der Waals surface area contributed by atoms with Gasteiger partial charge in [0.15, 0.2) is 0 Å². The molecule has 1 atom stereocenters. The van der Waals surface area contributed by atoms with Gasteiger partial charge in [-0.15, -0.1) is 0 Å². The molecule has 0 radical (unpaired) electrons. The van der Waals surface area contributed by atoms with Crippen LogP contribution >= 0.6 is 0 Å². The Morgan fingerprint density at radius 3 is 3.08 bits per heavy atom. The maximum Gasteiger partial charge on any atom is 0.337 e. The molecule has 0 aromatic carbocycles. The van der Waals surface area contributed by atoms with Crippen molar-refractivity contribution in [1.82, 2.24) is 4.98 Å². The van der Waals surface area contributed by atoms with Gasteiger partial charge in [-0.25, -0.2) is 4.79 Å². The summed E-state index contributed by atoms with van der Waals surface area (Å²) in [6, 6.07) is 0. The predicted molar refractivity (Wildman–Crippen MR) is 45.9 cm³/mol. The van der Waals surface area contributed by atoms with Crippen LogP contribution in [0.15, 0.2) is 12.4 Å². The Hall–Kier alpha value is -1.29.